The normalized spacial score (nSPS) is 20.8. The first-order valence-electron chi connectivity index (χ1n) is 6.45. The van der Waals surface area contributed by atoms with Crippen molar-refractivity contribution in [3.63, 3.8) is 0 Å². The van der Waals surface area contributed by atoms with Crippen LogP contribution in [0.25, 0.3) is 0 Å². The maximum absolute atomic E-state index is 11.8. The lowest BCUT2D eigenvalue weighted by molar-refractivity contribution is -0.129. The van der Waals surface area contributed by atoms with E-state index < -0.39 is 0 Å². The zero-order chi connectivity index (χ0) is 13.0. The summed E-state index contributed by atoms with van der Waals surface area (Å²) in [4.78, 5) is 19.5. The topological polar surface area (TPSA) is 57.3 Å². The number of carbonyl (C=O) groups excluding carboxylic acids is 1. The van der Waals surface area contributed by atoms with Crippen molar-refractivity contribution in [1.82, 2.24) is 15.2 Å². The minimum absolute atomic E-state index is 0.00318. The second kappa shape index (κ2) is 6.15. The molecule has 1 aromatic heterocycles. The maximum Gasteiger partial charge on any atom is 0.237 e. The first-order chi connectivity index (χ1) is 8.74. The number of carbonyl (C=O) groups is 1. The van der Waals surface area contributed by atoms with Crippen LogP contribution in [0.1, 0.15) is 25.1 Å². The zero-order valence-corrected chi connectivity index (χ0v) is 11.7. The summed E-state index contributed by atoms with van der Waals surface area (Å²) in [7, 11) is 0. The molecule has 1 saturated heterocycles. The van der Waals surface area contributed by atoms with E-state index >= 15 is 0 Å². The molecule has 1 atom stereocenters. The molecule has 0 radical (unpaired) electrons. The molecule has 1 unspecified atom stereocenters. The van der Waals surface area contributed by atoms with Gasteiger partial charge in [-0.2, -0.15) is 0 Å². The van der Waals surface area contributed by atoms with Crippen LogP contribution in [0.3, 0.4) is 0 Å². The van der Waals surface area contributed by atoms with Crippen LogP contribution in [-0.2, 0) is 11.3 Å². The summed E-state index contributed by atoms with van der Waals surface area (Å²) >= 11 is 1.67. The van der Waals surface area contributed by atoms with Crippen LogP contribution in [0.4, 0.5) is 5.13 Å². The van der Waals surface area contributed by atoms with Gasteiger partial charge in [-0.3, -0.25) is 9.69 Å². The van der Waals surface area contributed by atoms with Crippen molar-refractivity contribution in [2.24, 2.45) is 0 Å². The fourth-order valence-electron chi connectivity index (χ4n) is 2.21. The number of nitrogens with zero attached hydrogens (tertiary/aromatic N) is 2. The molecule has 0 saturated carbocycles. The van der Waals surface area contributed by atoms with Gasteiger partial charge in [0.15, 0.2) is 5.13 Å². The Kier molecular flexibility index (Phi) is 4.54. The van der Waals surface area contributed by atoms with Gasteiger partial charge in [-0.25, -0.2) is 4.98 Å². The molecule has 0 spiro atoms. The van der Waals surface area contributed by atoms with E-state index in [-0.39, 0.29) is 11.9 Å². The van der Waals surface area contributed by atoms with Gasteiger partial charge in [0.25, 0.3) is 0 Å². The lowest BCUT2D eigenvalue weighted by atomic mass is 10.1. The third kappa shape index (κ3) is 3.00. The molecule has 5 nitrogen and oxygen atoms in total. The van der Waals surface area contributed by atoms with Gasteiger partial charge in [-0.05, 0) is 13.3 Å². The Labute approximate surface area is 112 Å². The predicted octanol–water partition coefficient (Wildman–Crippen LogP) is 1.29. The summed E-state index contributed by atoms with van der Waals surface area (Å²) < 4.78 is 0. The van der Waals surface area contributed by atoms with Crippen molar-refractivity contribution in [1.29, 1.82) is 0 Å². The minimum Gasteiger partial charge on any atom is -0.362 e. The number of hydrogen-bond donors (Lipinski definition) is 2. The number of piperazine rings is 1. The Morgan fingerprint density at radius 1 is 1.61 bits per heavy atom. The van der Waals surface area contributed by atoms with Gasteiger partial charge in [0, 0.05) is 37.3 Å². The van der Waals surface area contributed by atoms with Crippen LogP contribution in [0.2, 0.25) is 0 Å². The zero-order valence-electron chi connectivity index (χ0n) is 10.9. The van der Waals surface area contributed by atoms with E-state index in [0.29, 0.717) is 0 Å². The first-order valence-corrected chi connectivity index (χ1v) is 7.26. The number of aromatic nitrogens is 1. The molecule has 1 aromatic rings. The quantitative estimate of drug-likeness (QED) is 0.845. The van der Waals surface area contributed by atoms with Crippen LogP contribution >= 0.6 is 11.3 Å². The number of nitrogens with one attached hydrogen (secondary N) is 2. The van der Waals surface area contributed by atoms with Gasteiger partial charge < -0.3 is 10.6 Å². The van der Waals surface area contributed by atoms with Gasteiger partial charge in [-0.1, -0.05) is 6.92 Å². The average Bonchev–Trinajstić information content (AvgIpc) is 2.77. The molecule has 1 amide bonds. The highest BCUT2D eigenvalue weighted by Gasteiger charge is 2.28. The van der Waals surface area contributed by atoms with Gasteiger partial charge in [0.2, 0.25) is 5.91 Å². The van der Waals surface area contributed by atoms with Crippen molar-refractivity contribution >= 4 is 22.4 Å². The minimum atomic E-state index is 0.00318. The highest BCUT2D eigenvalue weighted by Crippen LogP contribution is 2.21. The van der Waals surface area contributed by atoms with Crippen molar-refractivity contribution in [3.05, 3.63) is 11.1 Å². The lowest BCUT2D eigenvalue weighted by Gasteiger charge is -2.33. The van der Waals surface area contributed by atoms with E-state index in [1.165, 1.54) is 4.88 Å². The molecule has 2 N–H and O–H groups in total. The summed E-state index contributed by atoms with van der Waals surface area (Å²) in [6.07, 6.45) is 2.76. The molecule has 1 aliphatic heterocycles. The summed E-state index contributed by atoms with van der Waals surface area (Å²) in [5.41, 5.74) is 0. The predicted molar refractivity (Wildman–Crippen MR) is 73.8 cm³/mol. The van der Waals surface area contributed by atoms with Crippen LogP contribution in [0.5, 0.6) is 0 Å². The third-order valence-corrected chi connectivity index (χ3v) is 4.01. The van der Waals surface area contributed by atoms with Crippen molar-refractivity contribution < 1.29 is 4.79 Å². The van der Waals surface area contributed by atoms with E-state index in [2.05, 4.69) is 34.4 Å². The molecule has 0 aromatic carbocycles. The lowest BCUT2D eigenvalue weighted by Crippen LogP contribution is -2.54. The van der Waals surface area contributed by atoms with Gasteiger partial charge in [0.1, 0.15) is 0 Å². The molecule has 1 fully saturated rings. The molecule has 2 rings (SSSR count). The maximum atomic E-state index is 11.8. The van der Waals surface area contributed by atoms with E-state index in [0.717, 1.165) is 37.7 Å². The number of amides is 1. The average molecular weight is 268 g/mol. The Morgan fingerprint density at radius 2 is 2.44 bits per heavy atom. The second-order valence-electron chi connectivity index (χ2n) is 4.35. The van der Waals surface area contributed by atoms with E-state index in [9.17, 15) is 4.79 Å². The van der Waals surface area contributed by atoms with Gasteiger partial charge >= 0.3 is 0 Å². The SMILES string of the molecule is CCNc1ncc(CN2CCNC(=O)C2CC)s1. The smallest absolute Gasteiger partial charge is 0.237 e. The standard InChI is InChI=1S/C12H20N4OS/c1-3-10-11(17)14-5-6-16(10)8-9-7-15-12(18-9)13-4-2/h7,10H,3-6,8H2,1-2H3,(H,13,15)(H,14,17). The van der Waals surface area contributed by atoms with E-state index in [4.69, 9.17) is 0 Å². The molecule has 0 aliphatic carbocycles. The Bertz CT molecular complexity index is 407. The van der Waals surface area contributed by atoms with Crippen molar-refractivity contribution in [3.8, 4) is 0 Å². The highest BCUT2D eigenvalue weighted by atomic mass is 32.1. The summed E-state index contributed by atoms with van der Waals surface area (Å²) in [5, 5.41) is 7.09. The molecule has 6 heteroatoms. The molecule has 0 bridgehead atoms. The Balaban J connectivity index is 2.00. The van der Waals surface area contributed by atoms with Gasteiger partial charge in [0.05, 0.1) is 6.04 Å². The van der Waals surface area contributed by atoms with Gasteiger partial charge in [-0.15, -0.1) is 11.3 Å². The fourth-order valence-corrected chi connectivity index (χ4v) is 3.11. The van der Waals surface area contributed by atoms with Crippen molar-refractivity contribution in [2.45, 2.75) is 32.9 Å². The number of hydrogen-bond acceptors (Lipinski definition) is 5. The molecule has 100 valence electrons. The van der Waals surface area contributed by atoms with Crippen LogP contribution in [0.15, 0.2) is 6.20 Å². The van der Waals surface area contributed by atoms with Crippen LogP contribution in [-0.4, -0.2) is 41.5 Å². The van der Waals surface area contributed by atoms with E-state index in [1.807, 2.05) is 6.20 Å². The Morgan fingerprint density at radius 3 is 3.17 bits per heavy atom. The molecule has 18 heavy (non-hydrogen) atoms. The summed E-state index contributed by atoms with van der Waals surface area (Å²) in [5.74, 6) is 0.153. The van der Waals surface area contributed by atoms with Crippen LogP contribution in [0, 0.1) is 0 Å². The fraction of sp³-hybridized carbons (Fsp3) is 0.667. The summed E-state index contributed by atoms with van der Waals surface area (Å²) in [6, 6.07) is 0.00318. The largest absolute Gasteiger partial charge is 0.362 e. The van der Waals surface area contributed by atoms with Crippen molar-refractivity contribution in [2.75, 3.05) is 25.0 Å². The Hall–Kier alpha value is -1.14. The van der Waals surface area contributed by atoms with Crippen LogP contribution < -0.4 is 10.6 Å². The monoisotopic (exact) mass is 268 g/mol. The molecule has 1 aliphatic rings. The first kappa shape index (κ1) is 13.3. The third-order valence-electron chi connectivity index (χ3n) is 3.07. The number of thiazole rings is 1. The highest BCUT2D eigenvalue weighted by molar-refractivity contribution is 7.15. The molecule has 2 heterocycles. The molecular formula is C12H20N4OS. The summed E-state index contributed by atoms with van der Waals surface area (Å²) in [6.45, 7) is 7.47. The molecular weight excluding hydrogens is 248 g/mol. The number of anilines is 1. The number of rotatable bonds is 5. The second-order valence-corrected chi connectivity index (χ2v) is 5.46. The van der Waals surface area contributed by atoms with E-state index in [1.54, 1.807) is 11.3 Å².